The van der Waals surface area contributed by atoms with E-state index in [0.717, 1.165) is 37.9 Å². The molecular weight excluding hydrogens is 402 g/mol. The second-order valence-electron chi connectivity index (χ2n) is 7.48. The minimum atomic E-state index is -0.0541. The molecule has 1 unspecified atom stereocenters. The highest BCUT2D eigenvalue weighted by Gasteiger charge is 2.27. The molecule has 0 saturated carbocycles. The molecule has 1 N–H and O–H groups in total. The second kappa shape index (κ2) is 9.47. The lowest BCUT2D eigenvalue weighted by Gasteiger charge is -2.30. The fourth-order valence-corrected chi connectivity index (χ4v) is 4.72. The van der Waals surface area contributed by atoms with Crippen molar-refractivity contribution in [3.05, 3.63) is 29.0 Å². The van der Waals surface area contributed by atoms with Crippen molar-refractivity contribution >= 4 is 28.3 Å². The van der Waals surface area contributed by atoms with Crippen LogP contribution in [0.15, 0.2) is 17.6 Å². The van der Waals surface area contributed by atoms with Crippen LogP contribution in [0, 0.1) is 11.3 Å². The third-order valence-electron chi connectivity index (χ3n) is 5.66. The molecule has 0 spiro atoms. The van der Waals surface area contributed by atoms with Crippen LogP contribution in [0.2, 0.25) is 0 Å². The molecule has 4 rings (SSSR count). The van der Waals surface area contributed by atoms with Gasteiger partial charge < -0.3 is 15.0 Å². The minimum absolute atomic E-state index is 0.0541. The van der Waals surface area contributed by atoms with Gasteiger partial charge in [0.15, 0.2) is 5.13 Å². The van der Waals surface area contributed by atoms with Crippen LogP contribution >= 0.6 is 11.3 Å². The zero-order valence-electron chi connectivity index (χ0n) is 17.0. The van der Waals surface area contributed by atoms with Crippen molar-refractivity contribution in [1.29, 1.82) is 5.26 Å². The summed E-state index contributed by atoms with van der Waals surface area (Å²) >= 11 is 1.36. The number of aromatic nitrogens is 3. The van der Waals surface area contributed by atoms with Gasteiger partial charge in [-0.2, -0.15) is 5.26 Å². The SMILES string of the molecule is COC1CCN(C(=O)c2csc(Nc3nccc(C4CCCN4CC#N)n3)n2)CC1. The summed E-state index contributed by atoms with van der Waals surface area (Å²) in [7, 11) is 1.71. The fourth-order valence-electron chi connectivity index (χ4n) is 4.04. The summed E-state index contributed by atoms with van der Waals surface area (Å²) in [5.41, 5.74) is 1.33. The lowest BCUT2D eigenvalue weighted by molar-refractivity contribution is 0.0348. The van der Waals surface area contributed by atoms with E-state index in [4.69, 9.17) is 10.00 Å². The van der Waals surface area contributed by atoms with Crippen LogP contribution in [0.25, 0.3) is 0 Å². The van der Waals surface area contributed by atoms with E-state index in [-0.39, 0.29) is 18.1 Å². The number of nitrogens with one attached hydrogen (secondary N) is 1. The van der Waals surface area contributed by atoms with Gasteiger partial charge in [-0.25, -0.2) is 15.0 Å². The lowest BCUT2D eigenvalue weighted by atomic mass is 10.1. The van der Waals surface area contributed by atoms with E-state index < -0.39 is 0 Å². The van der Waals surface area contributed by atoms with E-state index in [1.54, 1.807) is 18.7 Å². The molecule has 158 valence electrons. The number of amides is 1. The maximum absolute atomic E-state index is 12.7. The van der Waals surface area contributed by atoms with Gasteiger partial charge in [0.1, 0.15) is 5.69 Å². The largest absolute Gasteiger partial charge is 0.381 e. The summed E-state index contributed by atoms with van der Waals surface area (Å²) in [5.74, 6) is 0.396. The van der Waals surface area contributed by atoms with Crippen LogP contribution in [0.5, 0.6) is 0 Å². The third-order valence-corrected chi connectivity index (χ3v) is 6.42. The standard InChI is InChI=1S/C20H25N7O2S/c1-29-14-5-10-27(11-6-14)18(28)16-13-30-20(24-16)25-19-22-8-4-15(23-19)17-3-2-9-26(17)12-7-21/h4,8,13-14,17H,2-3,5-6,9-12H2,1H3,(H,22,23,24,25). The van der Waals surface area contributed by atoms with Crippen molar-refractivity contribution in [2.75, 3.05) is 38.6 Å². The Morgan fingerprint density at radius 3 is 2.93 bits per heavy atom. The number of hydrogen-bond donors (Lipinski definition) is 1. The van der Waals surface area contributed by atoms with Crippen molar-refractivity contribution in [1.82, 2.24) is 24.8 Å². The summed E-state index contributed by atoms with van der Waals surface area (Å²) in [6.07, 6.45) is 5.68. The molecule has 2 aliphatic rings. The van der Waals surface area contributed by atoms with Crippen LogP contribution in [0.3, 0.4) is 0 Å². The Balaban J connectivity index is 1.40. The molecule has 9 nitrogen and oxygen atoms in total. The summed E-state index contributed by atoms with van der Waals surface area (Å²) in [5, 5.41) is 14.5. The van der Waals surface area contributed by atoms with Gasteiger partial charge >= 0.3 is 0 Å². The number of ether oxygens (including phenoxy) is 1. The molecule has 1 amide bonds. The predicted molar refractivity (Wildman–Crippen MR) is 113 cm³/mol. The number of carbonyl (C=O) groups excluding carboxylic acids is 1. The molecule has 30 heavy (non-hydrogen) atoms. The Bertz CT molecular complexity index is 920. The number of piperidine rings is 1. The molecule has 2 fully saturated rings. The maximum Gasteiger partial charge on any atom is 0.273 e. The smallest absolute Gasteiger partial charge is 0.273 e. The van der Waals surface area contributed by atoms with E-state index in [2.05, 4.69) is 31.2 Å². The van der Waals surface area contributed by atoms with E-state index in [0.29, 0.717) is 36.4 Å². The Labute approximate surface area is 179 Å². The number of likely N-dealkylation sites (tertiary alicyclic amines) is 2. The predicted octanol–water partition coefficient (Wildman–Crippen LogP) is 2.59. The summed E-state index contributed by atoms with van der Waals surface area (Å²) in [4.78, 5) is 30.1. The zero-order chi connectivity index (χ0) is 20.9. The van der Waals surface area contributed by atoms with Gasteiger partial charge in [-0.15, -0.1) is 11.3 Å². The molecule has 2 aromatic heterocycles. The number of nitriles is 1. The number of methoxy groups -OCH3 is 1. The first-order valence-corrected chi connectivity index (χ1v) is 11.0. The first-order valence-electron chi connectivity index (χ1n) is 10.2. The Hall–Kier alpha value is -2.61. The number of thiazole rings is 1. The van der Waals surface area contributed by atoms with Crippen LogP contribution in [-0.4, -0.2) is 70.1 Å². The molecule has 0 radical (unpaired) electrons. The van der Waals surface area contributed by atoms with Crippen molar-refractivity contribution in [3.63, 3.8) is 0 Å². The molecule has 10 heteroatoms. The zero-order valence-corrected chi connectivity index (χ0v) is 17.8. The first-order chi connectivity index (χ1) is 14.7. The van der Waals surface area contributed by atoms with E-state index >= 15 is 0 Å². The van der Waals surface area contributed by atoms with Gasteiger partial charge in [0, 0.05) is 31.8 Å². The number of anilines is 2. The van der Waals surface area contributed by atoms with E-state index in [1.807, 2.05) is 11.0 Å². The summed E-state index contributed by atoms with van der Waals surface area (Å²) < 4.78 is 5.37. The van der Waals surface area contributed by atoms with Crippen LogP contribution in [0.1, 0.15) is 47.9 Å². The van der Waals surface area contributed by atoms with E-state index in [1.165, 1.54) is 11.3 Å². The third kappa shape index (κ3) is 4.59. The van der Waals surface area contributed by atoms with Crippen LogP contribution < -0.4 is 5.32 Å². The summed E-state index contributed by atoms with van der Waals surface area (Å²) in [6.45, 7) is 2.67. The Kier molecular flexibility index (Phi) is 6.52. The van der Waals surface area contributed by atoms with Crippen LogP contribution in [0.4, 0.5) is 11.1 Å². The summed E-state index contributed by atoms with van der Waals surface area (Å²) in [6, 6.07) is 4.26. The number of carbonyl (C=O) groups is 1. The van der Waals surface area contributed by atoms with Crippen molar-refractivity contribution in [3.8, 4) is 6.07 Å². The van der Waals surface area contributed by atoms with Gasteiger partial charge in [-0.3, -0.25) is 9.69 Å². The monoisotopic (exact) mass is 427 g/mol. The lowest BCUT2D eigenvalue weighted by Crippen LogP contribution is -2.40. The highest BCUT2D eigenvalue weighted by Crippen LogP contribution is 2.31. The van der Waals surface area contributed by atoms with Gasteiger partial charge in [0.05, 0.1) is 30.5 Å². The maximum atomic E-state index is 12.7. The van der Waals surface area contributed by atoms with Crippen molar-refractivity contribution in [2.24, 2.45) is 0 Å². The Morgan fingerprint density at radius 2 is 2.17 bits per heavy atom. The number of nitrogens with zero attached hydrogens (tertiary/aromatic N) is 6. The topological polar surface area (TPSA) is 107 Å². The fraction of sp³-hybridized carbons (Fsp3) is 0.550. The normalized spacial score (nSPS) is 20.3. The highest BCUT2D eigenvalue weighted by atomic mass is 32.1. The van der Waals surface area contributed by atoms with Gasteiger partial charge in [0.25, 0.3) is 5.91 Å². The number of rotatable bonds is 6. The second-order valence-corrected chi connectivity index (χ2v) is 8.34. The van der Waals surface area contributed by atoms with Gasteiger partial charge in [-0.05, 0) is 38.3 Å². The van der Waals surface area contributed by atoms with Crippen LogP contribution in [-0.2, 0) is 4.74 Å². The number of hydrogen-bond acceptors (Lipinski definition) is 9. The molecule has 2 saturated heterocycles. The van der Waals surface area contributed by atoms with Gasteiger partial charge in [0.2, 0.25) is 5.95 Å². The molecule has 0 bridgehead atoms. The molecule has 4 heterocycles. The molecule has 2 aliphatic heterocycles. The molecule has 1 atom stereocenters. The molecule has 2 aromatic rings. The van der Waals surface area contributed by atoms with Crippen molar-refractivity contribution < 1.29 is 9.53 Å². The first kappa shape index (κ1) is 20.7. The molecular formula is C20H25N7O2S. The highest BCUT2D eigenvalue weighted by molar-refractivity contribution is 7.14. The molecule has 0 aliphatic carbocycles. The van der Waals surface area contributed by atoms with Gasteiger partial charge in [-0.1, -0.05) is 0 Å². The Morgan fingerprint density at radius 1 is 1.33 bits per heavy atom. The average molecular weight is 428 g/mol. The average Bonchev–Trinajstić information content (AvgIpc) is 3.43. The molecule has 0 aromatic carbocycles. The van der Waals surface area contributed by atoms with E-state index in [9.17, 15) is 4.79 Å². The quantitative estimate of drug-likeness (QED) is 0.701. The van der Waals surface area contributed by atoms with Crippen molar-refractivity contribution in [2.45, 2.75) is 37.8 Å². The minimum Gasteiger partial charge on any atom is -0.381 e.